The zero-order valence-electron chi connectivity index (χ0n) is 79.6. The fourth-order valence-corrected chi connectivity index (χ4v) is 22.9. The van der Waals surface area contributed by atoms with Crippen LogP contribution in [-0.2, 0) is 26.2 Å². The molecule has 0 aliphatic heterocycles. The van der Waals surface area contributed by atoms with Crippen molar-refractivity contribution in [2.75, 3.05) is 14.7 Å². The number of hydrogen-bond acceptors (Lipinski definition) is 13. The van der Waals surface area contributed by atoms with Crippen LogP contribution in [0, 0.1) is 0 Å². The quantitative estimate of drug-likeness (QED) is 0.0282. The van der Waals surface area contributed by atoms with E-state index in [4.69, 9.17) is 0 Å². The summed E-state index contributed by atoms with van der Waals surface area (Å²) in [6, 6.07) is 111. The van der Waals surface area contributed by atoms with Crippen LogP contribution in [0.1, 0.15) is 182 Å². The van der Waals surface area contributed by atoms with Gasteiger partial charge in [-0.25, -0.2) is 0 Å². The van der Waals surface area contributed by atoms with Crippen LogP contribution in [-0.4, -0.2) is 35.4 Å². The molecule has 0 radical (unpaired) electrons. The van der Waals surface area contributed by atoms with Crippen molar-refractivity contribution in [3.63, 3.8) is 0 Å². The molecular weight excluding hydrogens is 1910 g/mol. The van der Waals surface area contributed by atoms with Crippen LogP contribution >= 0.6 is 77.2 Å². The standard InChI is InChI=1S/C68H68N4O2S2.C32H40Br2N2O2S2.C18H16BNO2/c1-3-5-7-9-11-25-47-69-61-49-60(66-46-44-64(76-66)52-37-41-58(42-38-52)72(55-31-21-15-22-32-55)56-33-23-16-24-34-56)68(74)70(48-26-12-10-8-6-4-2)62(61)50-59(67(69)73)65-45-43-63(75-65)51-35-39-57(40-36-51)71(53-27-17-13-18-28-53)54-29-19-14-20-30-54;1-3-5-7-9-11-13-19-35-25-21-24(28-16-18-30(34)40-28)32(38)36(20-14-12-10-8-6-4-2)26(25)22-23(31(35)37)27-15-17-29(33)39-27;21-19(22)15-11-13-18(14-12-15)20(16-7-3-1-4-8-16)17-9-5-2-6-10-17/h13-24,27-46,49-50H,3-12,25-26,47-48H2,1-2H3;15-18,21-22H,3-14,19-20H2,1-2H3;1-14,21-22H. The summed E-state index contributed by atoms with van der Waals surface area (Å²) in [6.45, 7) is 11.4. The van der Waals surface area contributed by atoms with E-state index in [0.29, 0.717) is 53.9 Å². The fourth-order valence-electron chi connectivity index (χ4n) is 18.1. The van der Waals surface area contributed by atoms with Gasteiger partial charge in [-0.15, -0.1) is 45.3 Å². The Labute approximate surface area is 846 Å². The van der Waals surface area contributed by atoms with Crippen LogP contribution < -0.4 is 42.4 Å². The van der Waals surface area contributed by atoms with E-state index in [0.717, 1.165) is 185 Å². The summed E-state index contributed by atoms with van der Waals surface area (Å²) in [5, 5.41) is 18.5. The van der Waals surface area contributed by atoms with Gasteiger partial charge in [0.15, 0.2) is 0 Å². The zero-order valence-corrected chi connectivity index (χ0v) is 86.0. The zero-order chi connectivity index (χ0) is 95.9. The Balaban J connectivity index is 0.000000192. The summed E-state index contributed by atoms with van der Waals surface area (Å²) >= 11 is 13.5. The van der Waals surface area contributed by atoms with Crippen molar-refractivity contribution in [1.29, 1.82) is 0 Å². The van der Waals surface area contributed by atoms with Crippen LogP contribution in [0.5, 0.6) is 0 Å². The average Bonchev–Trinajstić information content (AvgIpc) is 1.43. The summed E-state index contributed by atoms with van der Waals surface area (Å²) in [7, 11) is -1.45. The van der Waals surface area contributed by atoms with E-state index in [2.05, 4.69) is 244 Å². The number of anilines is 9. The lowest BCUT2D eigenvalue weighted by atomic mass is 9.80. The highest BCUT2D eigenvalue weighted by molar-refractivity contribution is 9.11. The number of fused-ring (bicyclic) bond motifs is 2. The molecule has 0 aliphatic carbocycles. The number of rotatable bonds is 44. The summed E-state index contributed by atoms with van der Waals surface area (Å²) in [6.07, 6.45) is 27.3. The molecule has 0 aliphatic rings. The number of aromatic nitrogens is 4. The Morgan fingerprint density at radius 3 is 0.667 bits per heavy atom. The first-order valence-electron chi connectivity index (χ1n) is 49.4. The third-order valence-electron chi connectivity index (χ3n) is 25.4. The molecule has 17 aromatic rings. The summed E-state index contributed by atoms with van der Waals surface area (Å²) in [5.74, 6) is 0. The van der Waals surface area contributed by atoms with Gasteiger partial charge in [-0.1, -0.05) is 302 Å². The maximum absolute atomic E-state index is 15.2. The predicted molar refractivity (Wildman–Crippen MR) is 598 cm³/mol. The maximum Gasteiger partial charge on any atom is 0.488 e. The number of benzene rings is 9. The molecule has 17 rings (SSSR count). The maximum atomic E-state index is 15.2. The van der Waals surface area contributed by atoms with Gasteiger partial charge in [0.25, 0.3) is 22.2 Å². The Kier molecular flexibility index (Phi) is 37.6. The summed E-state index contributed by atoms with van der Waals surface area (Å²) in [5.41, 5.74) is 18.3. The molecule has 0 unspecified atom stereocenters. The van der Waals surface area contributed by atoms with Crippen LogP contribution in [0.15, 0.2) is 354 Å². The Morgan fingerprint density at radius 1 is 0.239 bits per heavy atom. The first-order valence-corrected chi connectivity index (χ1v) is 54.3. The molecule has 0 spiro atoms. The number of aryl methyl sites for hydroxylation is 4. The minimum atomic E-state index is -1.45. The summed E-state index contributed by atoms with van der Waals surface area (Å²) < 4.78 is 9.88. The first kappa shape index (κ1) is 101. The lowest BCUT2D eigenvalue weighted by molar-refractivity contribution is 0.426. The highest BCUT2D eigenvalue weighted by Crippen LogP contribution is 2.44. The van der Waals surface area contributed by atoms with E-state index in [1.54, 1.807) is 57.5 Å². The Bertz CT molecular complexity index is 6480. The molecule has 138 heavy (non-hydrogen) atoms. The molecule has 0 bridgehead atoms. The number of para-hydroxylation sites is 6. The van der Waals surface area contributed by atoms with Crippen molar-refractivity contribution in [1.82, 2.24) is 18.3 Å². The monoisotopic (exact) mass is 2030 g/mol. The molecule has 0 fully saturated rings. The fraction of sp³-hybridized carbons (Fsp3) is 0.271. The topological polar surface area (TPSA) is 138 Å². The third-order valence-corrected chi connectivity index (χ3v) is 31.1. The highest BCUT2D eigenvalue weighted by Gasteiger charge is 2.26. The molecule has 0 saturated carbocycles. The van der Waals surface area contributed by atoms with Crippen LogP contribution in [0.3, 0.4) is 0 Å². The number of pyridine rings is 4. The second kappa shape index (κ2) is 51.4. The lowest BCUT2D eigenvalue weighted by Gasteiger charge is -2.25. The Hall–Kier alpha value is -11.6. The molecule has 13 nitrogen and oxygen atoms in total. The molecule has 20 heteroatoms. The Morgan fingerprint density at radius 2 is 0.442 bits per heavy atom. The smallest absolute Gasteiger partial charge is 0.423 e. The largest absolute Gasteiger partial charge is 0.488 e. The summed E-state index contributed by atoms with van der Waals surface area (Å²) in [4.78, 5) is 71.0. The number of unbranched alkanes of at least 4 members (excludes halogenated alkanes) is 20. The van der Waals surface area contributed by atoms with Crippen LogP contribution in [0.4, 0.5) is 51.2 Å². The predicted octanol–water partition coefficient (Wildman–Crippen LogP) is 33.3. The first-order chi connectivity index (χ1) is 67.7. The molecule has 2 N–H and O–H groups in total. The number of nitrogens with zero attached hydrogens (tertiary/aromatic N) is 7. The normalized spacial score (nSPS) is 11.2. The van der Waals surface area contributed by atoms with E-state index in [9.17, 15) is 19.6 Å². The molecule has 0 atom stereocenters. The van der Waals surface area contributed by atoms with Crippen molar-refractivity contribution in [3.8, 4) is 62.6 Å². The molecule has 8 heterocycles. The van der Waals surface area contributed by atoms with E-state index >= 15 is 9.59 Å². The molecule has 0 saturated heterocycles. The van der Waals surface area contributed by atoms with Gasteiger partial charge in [-0.3, -0.25) is 19.2 Å². The second-order valence-corrected chi connectivity index (χ2v) is 42.4. The number of thiophene rings is 4. The van der Waals surface area contributed by atoms with Crippen molar-refractivity contribution in [2.24, 2.45) is 0 Å². The van der Waals surface area contributed by atoms with Crippen molar-refractivity contribution in [2.45, 2.75) is 208 Å². The van der Waals surface area contributed by atoms with E-state index in [-0.39, 0.29) is 22.2 Å². The van der Waals surface area contributed by atoms with Gasteiger partial charge < -0.3 is 43.0 Å². The van der Waals surface area contributed by atoms with Gasteiger partial charge in [0.1, 0.15) is 0 Å². The molecular formula is C118H124BBr2N7O6S4. The van der Waals surface area contributed by atoms with Crippen molar-refractivity contribution < 1.29 is 10.0 Å². The van der Waals surface area contributed by atoms with Gasteiger partial charge in [0, 0.05) is 107 Å². The minimum absolute atomic E-state index is 0.00566. The van der Waals surface area contributed by atoms with Crippen molar-refractivity contribution in [3.05, 3.63) is 377 Å². The highest BCUT2D eigenvalue weighted by atomic mass is 79.9. The minimum Gasteiger partial charge on any atom is -0.423 e. The van der Waals surface area contributed by atoms with Gasteiger partial charge in [-0.2, -0.15) is 0 Å². The SMILES string of the molecule is CCCCCCCCn1c(=O)c(-c2ccc(-c3ccc(N(c4ccccc4)c4ccccc4)cc3)s2)cc2c1cc(-c1ccc(-c3ccc(N(c4ccccc4)c4ccccc4)cc3)s1)c(=O)n2CCCCCCCC.CCCCCCCCn1c(=O)c(-c2ccc(Br)s2)cc2c1cc(-c1ccc(Br)s1)c(=O)n2CCCCCCCC.OB(O)c1ccc(N(c2ccccc2)c2ccccc2)cc1. The van der Waals surface area contributed by atoms with E-state index < -0.39 is 7.12 Å². The van der Waals surface area contributed by atoms with E-state index in [1.165, 1.54) is 89.9 Å². The molecule has 0 amide bonds. The van der Waals surface area contributed by atoms with Crippen LogP contribution in [0.2, 0.25) is 0 Å². The molecule has 9 aromatic carbocycles. The third kappa shape index (κ3) is 25.9. The van der Waals surface area contributed by atoms with Gasteiger partial charge >= 0.3 is 7.12 Å². The van der Waals surface area contributed by atoms with Crippen molar-refractivity contribution >= 4 is 163 Å². The molecule has 8 aromatic heterocycles. The van der Waals surface area contributed by atoms with Crippen LogP contribution in [0.25, 0.3) is 84.7 Å². The van der Waals surface area contributed by atoms with Gasteiger partial charge in [0.2, 0.25) is 0 Å². The van der Waals surface area contributed by atoms with Gasteiger partial charge in [-0.05, 0) is 256 Å². The van der Waals surface area contributed by atoms with Gasteiger partial charge in [0.05, 0.1) is 51.9 Å². The second-order valence-electron chi connectivity index (χ2n) is 35.3. The number of halogens is 2. The lowest BCUT2D eigenvalue weighted by Crippen LogP contribution is -2.29. The number of hydrogen-bond donors (Lipinski definition) is 2. The average molecular weight is 2040 g/mol. The van der Waals surface area contributed by atoms with E-state index in [1.807, 2.05) is 164 Å². The molecule has 708 valence electrons.